The molecule has 51 heavy (non-hydrogen) atoms. The summed E-state index contributed by atoms with van der Waals surface area (Å²) >= 11 is 1.88. The van der Waals surface area contributed by atoms with Crippen molar-refractivity contribution in [2.75, 3.05) is 0 Å². The number of rotatable bonds is 4. The molecule has 4 heteroatoms. The Labute approximate surface area is 301 Å². The highest BCUT2D eigenvalue weighted by Gasteiger charge is 2.37. The van der Waals surface area contributed by atoms with E-state index >= 15 is 0 Å². The molecule has 0 saturated heterocycles. The van der Waals surface area contributed by atoms with E-state index in [0.717, 1.165) is 39.1 Å². The smallest absolute Gasteiger partial charge is 0.235 e. The molecule has 0 amide bonds. The molecule has 10 rings (SSSR count). The van der Waals surface area contributed by atoms with E-state index in [2.05, 4.69) is 182 Å². The van der Waals surface area contributed by atoms with Gasteiger partial charge >= 0.3 is 0 Å². The molecule has 0 radical (unpaired) electrons. The Bertz CT molecular complexity index is 2800. The topological polar surface area (TPSA) is 30.7 Å². The first-order chi connectivity index (χ1) is 25.1. The van der Waals surface area contributed by atoms with Crippen LogP contribution in [-0.4, -0.2) is 14.5 Å². The fourth-order valence-corrected chi connectivity index (χ4v) is 9.62. The fourth-order valence-electron chi connectivity index (χ4n) is 8.06. The Morgan fingerprint density at radius 1 is 0.510 bits per heavy atom. The van der Waals surface area contributed by atoms with Gasteiger partial charge in [0.05, 0.1) is 22.4 Å². The summed E-state index contributed by atoms with van der Waals surface area (Å²) in [7, 11) is 0. The lowest BCUT2D eigenvalue weighted by Crippen LogP contribution is -2.24. The van der Waals surface area contributed by atoms with Crippen LogP contribution in [0.4, 0.5) is 0 Å². The van der Waals surface area contributed by atoms with Crippen molar-refractivity contribution in [3.05, 3.63) is 175 Å². The molecule has 242 valence electrons. The predicted molar refractivity (Wildman–Crippen MR) is 213 cm³/mol. The van der Waals surface area contributed by atoms with Gasteiger partial charge in [-0.15, -0.1) is 0 Å². The van der Waals surface area contributed by atoms with Crippen molar-refractivity contribution in [1.82, 2.24) is 14.5 Å². The number of nitrogens with zero attached hydrogens (tertiary/aromatic N) is 3. The average molecular weight is 672 g/mol. The molecule has 0 saturated carbocycles. The lowest BCUT2D eigenvalue weighted by molar-refractivity contribution is 0.615. The van der Waals surface area contributed by atoms with Gasteiger partial charge < -0.3 is 0 Å². The molecule has 0 spiro atoms. The molecular weight excluding hydrogens is 639 g/mol. The lowest BCUT2D eigenvalue weighted by Gasteiger charge is -2.36. The second-order valence-corrected chi connectivity index (χ2v) is 14.9. The highest BCUT2D eigenvalue weighted by molar-refractivity contribution is 7.99. The van der Waals surface area contributed by atoms with E-state index in [9.17, 15) is 0 Å². The largest absolute Gasteiger partial charge is 0.277 e. The highest BCUT2D eigenvalue weighted by Crippen LogP contribution is 2.55. The van der Waals surface area contributed by atoms with E-state index in [1.807, 2.05) is 11.8 Å². The van der Waals surface area contributed by atoms with Crippen molar-refractivity contribution >= 4 is 44.3 Å². The Kier molecular flexibility index (Phi) is 6.77. The van der Waals surface area contributed by atoms with Crippen molar-refractivity contribution in [2.45, 2.75) is 29.1 Å². The number of aromatic nitrogens is 3. The normalized spacial score (nSPS) is 13.4. The summed E-state index contributed by atoms with van der Waals surface area (Å²) in [5.74, 6) is 0.664. The van der Waals surface area contributed by atoms with Crippen LogP contribution in [0.2, 0.25) is 0 Å². The molecule has 0 aliphatic carbocycles. The first kappa shape index (κ1) is 29.9. The third-order valence-electron chi connectivity index (χ3n) is 10.4. The van der Waals surface area contributed by atoms with E-state index in [1.54, 1.807) is 0 Å². The van der Waals surface area contributed by atoms with E-state index in [-0.39, 0.29) is 5.41 Å². The summed E-state index contributed by atoms with van der Waals surface area (Å²) in [6.07, 6.45) is 0. The molecule has 3 nitrogen and oxygen atoms in total. The van der Waals surface area contributed by atoms with Gasteiger partial charge in [0.15, 0.2) is 0 Å². The third kappa shape index (κ3) is 4.67. The van der Waals surface area contributed by atoms with Gasteiger partial charge in [0.25, 0.3) is 0 Å². The minimum Gasteiger partial charge on any atom is -0.277 e. The minimum atomic E-state index is -0.220. The zero-order chi connectivity index (χ0) is 34.1. The Hall–Kier alpha value is -5.97. The van der Waals surface area contributed by atoms with Crippen molar-refractivity contribution < 1.29 is 0 Å². The Morgan fingerprint density at radius 3 is 1.88 bits per heavy atom. The molecule has 0 fully saturated rings. The molecule has 1 aliphatic heterocycles. The maximum atomic E-state index is 5.46. The fraction of sp³-hybridized carbons (Fsp3) is 0.0638. The second kappa shape index (κ2) is 11.5. The minimum absolute atomic E-state index is 0.220. The summed E-state index contributed by atoms with van der Waals surface area (Å²) in [4.78, 5) is 13.4. The number of para-hydroxylation sites is 1. The number of benzene rings is 7. The van der Waals surface area contributed by atoms with Gasteiger partial charge in [0, 0.05) is 37.1 Å². The van der Waals surface area contributed by atoms with E-state index in [4.69, 9.17) is 9.97 Å². The van der Waals surface area contributed by atoms with Crippen LogP contribution in [0.25, 0.3) is 72.2 Å². The highest BCUT2D eigenvalue weighted by atomic mass is 32.2. The third-order valence-corrected chi connectivity index (χ3v) is 11.6. The van der Waals surface area contributed by atoms with Gasteiger partial charge in [-0.1, -0.05) is 165 Å². The molecule has 1 aliphatic rings. The summed E-state index contributed by atoms with van der Waals surface area (Å²) in [6, 6.07) is 58.4. The van der Waals surface area contributed by atoms with Crippen molar-refractivity contribution in [3.63, 3.8) is 0 Å². The van der Waals surface area contributed by atoms with Crippen LogP contribution in [0.5, 0.6) is 0 Å². The maximum absolute atomic E-state index is 5.46. The number of fused-ring (bicyclic) bond motifs is 9. The van der Waals surface area contributed by atoms with E-state index in [1.165, 1.54) is 48.0 Å². The van der Waals surface area contributed by atoms with Gasteiger partial charge in [-0.25, -0.2) is 9.97 Å². The molecule has 3 heterocycles. The molecule has 9 aromatic rings. The van der Waals surface area contributed by atoms with E-state index < -0.39 is 0 Å². The first-order valence-corrected chi connectivity index (χ1v) is 18.2. The van der Waals surface area contributed by atoms with Crippen molar-refractivity contribution in [2.24, 2.45) is 0 Å². The Balaban J connectivity index is 1.33. The lowest BCUT2D eigenvalue weighted by atomic mass is 9.75. The molecule has 0 atom stereocenters. The van der Waals surface area contributed by atoms with Crippen LogP contribution >= 0.6 is 11.8 Å². The maximum Gasteiger partial charge on any atom is 0.235 e. The zero-order valence-corrected chi connectivity index (χ0v) is 29.2. The van der Waals surface area contributed by atoms with Gasteiger partial charge in [-0.2, -0.15) is 0 Å². The van der Waals surface area contributed by atoms with Crippen LogP contribution in [0.3, 0.4) is 0 Å². The molecule has 0 unspecified atom stereocenters. The molecule has 2 aromatic heterocycles. The summed E-state index contributed by atoms with van der Waals surface area (Å²) in [6.45, 7) is 4.75. The van der Waals surface area contributed by atoms with Crippen molar-refractivity contribution in [3.8, 4) is 39.6 Å². The van der Waals surface area contributed by atoms with Gasteiger partial charge in [0.1, 0.15) is 0 Å². The SMILES string of the molecule is CC1(C)c2ccccc2Sc2c1c1ccccc1c1c3ccccc3n(-c3nc(-c4ccccc4)cc(-c4cccc(-c5ccccc5)c4)n3)c21. The van der Waals surface area contributed by atoms with Crippen LogP contribution in [0.1, 0.15) is 25.0 Å². The molecular formula is C47H33N3S. The number of hydrogen-bond donors (Lipinski definition) is 0. The first-order valence-electron chi connectivity index (χ1n) is 17.4. The van der Waals surface area contributed by atoms with Gasteiger partial charge in [-0.05, 0) is 57.3 Å². The predicted octanol–water partition coefficient (Wildman–Crippen LogP) is 12.5. The molecule has 0 bridgehead atoms. The quantitative estimate of drug-likeness (QED) is 0.187. The second-order valence-electron chi connectivity index (χ2n) is 13.8. The van der Waals surface area contributed by atoms with Crippen LogP contribution < -0.4 is 0 Å². The van der Waals surface area contributed by atoms with Crippen molar-refractivity contribution in [1.29, 1.82) is 0 Å². The van der Waals surface area contributed by atoms with Gasteiger partial charge in [0.2, 0.25) is 5.95 Å². The average Bonchev–Trinajstić information content (AvgIpc) is 3.54. The van der Waals surface area contributed by atoms with Crippen LogP contribution in [0.15, 0.2) is 174 Å². The van der Waals surface area contributed by atoms with E-state index in [0.29, 0.717) is 5.95 Å². The van der Waals surface area contributed by atoms with Crippen LogP contribution in [-0.2, 0) is 5.41 Å². The summed E-state index contributed by atoms with van der Waals surface area (Å²) in [5, 5.41) is 4.99. The monoisotopic (exact) mass is 671 g/mol. The summed E-state index contributed by atoms with van der Waals surface area (Å²) in [5.41, 5.74) is 11.0. The summed E-state index contributed by atoms with van der Waals surface area (Å²) < 4.78 is 2.34. The zero-order valence-electron chi connectivity index (χ0n) is 28.3. The standard InChI is InChI=1S/C47H33N3S/c1-47(2)37-25-12-14-27-41(37)51-45-43(47)35-23-10-9-22-34(35)42-36-24-11-13-26-40(36)50(44(42)45)46-48-38(31-18-7-4-8-19-31)29-39(49-46)33-21-15-20-32(28-33)30-16-5-3-6-17-30/h3-29H,1-2H3. The van der Waals surface area contributed by atoms with Gasteiger partial charge in [-0.3, -0.25) is 4.57 Å². The number of hydrogen-bond acceptors (Lipinski definition) is 3. The van der Waals surface area contributed by atoms with Crippen LogP contribution in [0, 0.1) is 0 Å². The molecule has 7 aromatic carbocycles. The Morgan fingerprint density at radius 2 is 1.10 bits per heavy atom. The molecule has 0 N–H and O–H groups in total.